The summed E-state index contributed by atoms with van der Waals surface area (Å²) in [5.74, 6) is -3.00. The van der Waals surface area contributed by atoms with Gasteiger partial charge in [0.05, 0.1) is 12.6 Å². The van der Waals surface area contributed by atoms with Crippen molar-refractivity contribution in [2.45, 2.75) is 50.9 Å². The molecule has 0 aromatic rings. The van der Waals surface area contributed by atoms with Crippen LogP contribution in [-0.4, -0.2) is 76.1 Å². The summed E-state index contributed by atoms with van der Waals surface area (Å²) in [4.78, 5) is 48.3. The van der Waals surface area contributed by atoms with Gasteiger partial charge in [-0.2, -0.15) is 0 Å². The molecule has 1 heterocycles. The van der Waals surface area contributed by atoms with E-state index in [2.05, 4.69) is 10.6 Å². The molecule has 136 valence electrons. The van der Waals surface area contributed by atoms with Crippen LogP contribution in [0.25, 0.3) is 0 Å². The number of likely N-dealkylation sites (tertiary alicyclic amines) is 1. The molecule has 1 fully saturated rings. The van der Waals surface area contributed by atoms with E-state index in [1.165, 1.54) is 18.7 Å². The SMILES string of the molecule is CC(N)C(=O)N1CCCC1C(=O)NC(CO)C(=O)NC(C)C(=O)O. The van der Waals surface area contributed by atoms with E-state index in [1.54, 1.807) is 0 Å². The van der Waals surface area contributed by atoms with Gasteiger partial charge in [0.2, 0.25) is 17.7 Å². The van der Waals surface area contributed by atoms with Gasteiger partial charge in [-0.3, -0.25) is 19.2 Å². The zero-order valence-corrected chi connectivity index (χ0v) is 13.7. The van der Waals surface area contributed by atoms with Crippen LogP contribution in [0.4, 0.5) is 0 Å². The predicted octanol–water partition coefficient (Wildman–Crippen LogP) is -2.61. The molecule has 0 spiro atoms. The van der Waals surface area contributed by atoms with Crippen molar-refractivity contribution in [3.8, 4) is 0 Å². The number of hydrogen-bond donors (Lipinski definition) is 5. The Kier molecular flexibility index (Phi) is 7.11. The molecule has 1 aliphatic heterocycles. The van der Waals surface area contributed by atoms with Crippen LogP contribution >= 0.6 is 0 Å². The van der Waals surface area contributed by atoms with Crippen LogP contribution in [0.15, 0.2) is 0 Å². The number of nitrogens with two attached hydrogens (primary N) is 1. The van der Waals surface area contributed by atoms with E-state index >= 15 is 0 Å². The second kappa shape index (κ2) is 8.60. The van der Waals surface area contributed by atoms with Crippen molar-refractivity contribution in [3.63, 3.8) is 0 Å². The highest BCUT2D eigenvalue weighted by molar-refractivity contribution is 5.94. The first-order chi connectivity index (χ1) is 11.2. The minimum atomic E-state index is -1.30. The smallest absolute Gasteiger partial charge is 0.325 e. The van der Waals surface area contributed by atoms with Gasteiger partial charge in [0.15, 0.2) is 0 Å². The molecule has 0 radical (unpaired) electrons. The number of carbonyl (C=O) groups excluding carboxylic acids is 3. The van der Waals surface area contributed by atoms with Crippen LogP contribution < -0.4 is 16.4 Å². The van der Waals surface area contributed by atoms with Crippen LogP contribution in [0.1, 0.15) is 26.7 Å². The number of amides is 3. The Morgan fingerprint density at radius 2 is 1.88 bits per heavy atom. The molecule has 0 saturated carbocycles. The number of aliphatic hydroxyl groups excluding tert-OH is 1. The van der Waals surface area contributed by atoms with Gasteiger partial charge in [0, 0.05) is 6.54 Å². The van der Waals surface area contributed by atoms with Gasteiger partial charge in [0.1, 0.15) is 18.1 Å². The van der Waals surface area contributed by atoms with Crippen molar-refractivity contribution >= 4 is 23.7 Å². The topological polar surface area (TPSA) is 162 Å². The number of nitrogens with zero attached hydrogens (tertiary/aromatic N) is 1. The molecule has 1 rings (SSSR count). The fourth-order valence-electron chi connectivity index (χ4n) is 2.40. The Morgan fingerprint density at radius 1 is 1.25 bits per heavy atom. The Labute approximate surface area is 139 Å². The Bertz CT molecular complexity index is 509. The monoisotopic (exact) mass is 344 g/mol. The van der Waals surface area contributed by atoms with Gasteiger partial charge in [-0.25, -0.2) is 0 Å². The lowest BCUT2D eigenvalue weighted by atomic mass is 10.1. The van der Waals surface area contributed by atoms with Gasteiger partial charge in [0.25, 0.3) is 0 Å². The summed E-state index contributed by atoms with van der Waals surface area (Å²) < 4.78 is 0. The lowest BCUT2D eigenvalue weighted by Crippen LogP contribution is -2.57. The number of carbonyl (C=O) groups is 4. The minimum absolute atomic E-state index is 0.364. The molecule has 0 bridgehead atoms. The quantitative estimate of drug-likeness (QED) is 0.338. The maximum atomic E-state index is 12.3. The van der Waals surface area contributed by atoms with Crippen molar-refractivity contribution in [2.24, 2.45) is 5.73 Å². The third-order valence-electron chi connectivity index (χ3n) is 3.77. The highest BCUT2D eigenvalue weighted by Crippen LogP contribution is 2.18. The van der Waals surface area contributed by atoms with Crippen molar-refractivity contribution in [2.75, 3.05) is 13.2 Å². The number of carboxylic acids is 1. The van der Waals surface area contributed by atoms with E-state index in [-0.39, 0.29) is 5.91 Å². The third kappa shape index (κ3) is 4.90. The van der Waals surface area contributed by atoms with Gasteiger partial charge in [-0.1, -0.05) is 0 Å². The first kappa shape index (κ1) is 19.8. The molecule has 24 heavy (non-hydrogen) atoms. The van der Waals surface area contributed by atoms with Gasteiger partial charge in [-0.05, 0) is 26.7 Å². The molecular weight excluding hydrogens is 320 g/mol. The van der Waals surface area contributed by atoms with E-state index in [0.717, 1.165) is 0 Å². The largest absolute Gasteiger partial charge is 0.480 e. The van der Waals surface area contributed by atoms with E-state index in [9.17, 15) is 24.3 Å². The summed E-state index contributed by atoms with van der Waals surface area (Å²) in [6, 6.07) is -3.97. The predicted molar refractivity (Wildman–Crippen MR) is 82.6 cm³/mol. The number of rotatable bonds is 7. The maximum absolute atomic E-state index is 12.3. The molecule has 3 amide bonds. The lowest BCUT2D eigenvalue weighted by Gasteiger charge is -2.27. The summed E-state index contributed by atoms with van der Waals surface area (Å²) in [5.41, 5.74) is 5.55. The molecule has 6 N–H and O–H groups in total. The molecule has 4 atom stereocenters. The summed E-state index contributed by atoms with van der Waals surface area (Å²) >= 11 is 0. The third-order valence-corrected chi connectivity index (χ3v) is 3.77. The standard InChI is InChI=1S/C14H24N4O6/c1-7(15)13(22)18-5-3-4-10(18)12(21)17-9(6-19)11(20)16-8(2)14(23)24/h7-10,19H,3-6,15H2,1-2H3,(H,16,20)(H,17,21)(H,23,24). The van der Waals surface area contributed by atoms with Crippen molar-refractivity contribution < 1.29 is 29.4 Å². The molecule has 1 saturated heterocycles. The second-order valence-corrected chi connectivity index (χ2v) is 5.79. The Balaban J connectivity index is 2.71. The number of aliphatic hydroxyl groups is 1. The first-order valence-electron chi connectivity index (χ1n) is 7.69. The molecule has 0 aromatic heterocycles. The zero-order chi connectivity index (χ0) is 18.4. The molecular formula is C14H24N4O6. The molecule has 10 nitrogen and oxygen atoms in total. The first-order valence-corrected chi connectivity index (χ1v) is 7.69. The summed E-state index contributed by atoms with van der Waals surface area (Å²) in [5, 5.41) is 22.6. The van der Waals surface area contributed by atoms with Crippen molar-refractivity contribution in [1.29, 1.82) is 0 Å². The van der Waals surface area contributed by atoms with E-state index in [4.69, 9.17) is 10.8 Å². The molecule has 10 heteroatoms. The van der Waals surface area contributed by atoms with Crippen LogP contribution in [0.5, 0.6) is 0 Å². The molecule has 1 aliphatic rings. The van der Waals surface area contributed by atoms with Crippen LogP contribution in [0.3, 0.4) is 0 Å². The summed E-state index contributed by atoms with van der Waals surface area (Å²) in [6.07, 6.45) is 1.05. The average molecular weight is 344 g/mol. The number of carboxylic acid groups (broad SMARTS) is 1. The second-order valence-electron chi connectivity index (χ2n) is 5.79. The van der Waals surface area contributed by atoms with Crippen LogP contribution in [-0.2, 0) is 19.2 Å². The Morgan fingerprint density at radius 3 is 2.38 bits per heavy atom. The van der Waals surface area contributed by atoms with Gasteiger partial charge >= 0.3 is 5.97 Å². The number of nitrogens with one attached hydrogen (secondary N) is 2. The summed E-state index contributed by atoms with van der Waals surface area (Å²) in [7, 11) is 0. The highest BCUT2D eigenvalue weighted by atomic mass is 16.4. The maximum Gasteiger partial charge on any atom is 0.325 e. The fourth-order valence-corrected chi connectivity index (χ4v) is 2.40. The summed E-state index contributed by atoms with van der Waals surface area (Å²) in [6.45, 7) is 2.48. The number of hydrogen-bond acceptors (Lipinski definition) is 6. The van der Waals surface area contributed by atoms with E-state index in [1.807, 2.05) is 0 Å². The fraction of sp³-hybridized carbons (Fsp3) is 0.714. The van der Waals surface area contributed by atoms with Crippen LogP contribution in [0, 0.1) is 0 Å². The zero-order valence-electron chi connectivity index (χ0n) is 13.7. The highest BCUT2D eigenvalue weighted by Gasteiger charge is 2.36. The molecule has 4 unspecified atom stereocenters. The number of aliphatic carboxylic acids is 1. The van der Waals surface area contributed by atoms with Gasteiger partial charge in [-0.15, -0.1) is 0 Å². The van der Waals surface area contributed by atoms with Crippen molar-refractivity contribution in [3.05, 3.63) is 0 Å². The minimum Gasteiger partial charge on any atom is -0.480 e. The van der Waals surface area contributed by atoms with Crippen molar-refractivity contribution in [1.82, 2.24) is 15.5 Å². The Hall–Kier alpha value is -2.20. The van der Waals surface area contributed by atoms with Crippen LogP contribution in [0.2, 0.25) is 0 Å². The average Bonchev–Trinajstić information content (AvgIpc) is 3.00. The normalized spacial score (nSPS) is 20.8. The van der Waals surface area contributed by atoms with E-state index in [0.29, 0.717) is 19.4 Å². The van der Waals surface area contributed by atoms with E-state index < -0.39 is 48.6 Å². The molecule has 0 aliphatic carbocycles. The lowest BCUT2D eigenvalue weighted by molar-refractivity contribution is -0.143. The molecule has 0 aromatic carbocycles. The van der Waals surface area contributed by atoms with Gasteiger partial charge < -0.3 is 31.5 Å².